The Kier molecular flexibility index (Phi) is 6.60. The van der Waals surface area contributed by atoms with Gasteiger partial charge in [-0.3, -0.25) is 10.1 Å². The zero-order chi connectivity index (χ0) is 24.2. The van der Waals surface area contributed by atoms with Crippen molar-refractivity contribution in [1.82, 2.24) is 5.32 Å². The lowest BCUT2D eigenvalue weighted by Crippen LogP contribution is -2.43. The molecule has 4 rings (SSSR count). The van der Waals surface area contributed by atoms with E-state index in [4.69, 9.17) is 14.9 Å². The number of rotatable bonds is 7. The van der Waals surface area contributed by atoms with Crippen molar-refractivity contribution in [3.63, 3.8) is 0 Å². The number of benzene rings is 3. The Hall–Kier alpha value is -4.17. The molecule has 174 valence electrons. The predicted molar refractivity (Wildman–Crippen MR) is 126 cm³/mol. The second-order valence-corrected chi connectivity index (χ2v) is 7.98. The van der Waals surface area contributed by atoms with E-state index in [2.05, 4.69) is 22.8 Å². The lowest BCUT2D eigenvalue weighted by molar-refractivity contribution is -0.140. The molecule has 0 heterocycles. The molecule has 0 fully saturated rings. The van der Waals surface area contributed by atoms with Crippen LogP contribution in [0.3, 0.4) is 0 Å². The predicted octanol–water partition coefficient (Wildman–Crippen LogP) is 3.53. The van der Waals surface area contributed by atoms with Gasteiger partial charge in [0.05, 0.1) is 6.61 Å². The van der Waals surface area contributed by atoms with Gasteiger partial charge in [0.2, 0.25) is 0 Å². The number of carbonyl (C=O) groups excluding carboxylic acids is 2. The Labute approximate surface area is 196 Å². The van der Waals surface area contributed by atoms with E-state index in [1.165, 1.54) is 6.07 Å². The number of aliphatic hydroxyl groups is 1. The van der Waals surface area contributed by atoms with E-state index in [1.807, 2.05) is 36.4 Å². The molecular weight excluding hydrogens is 436 g/mol. The largest absolute Gasteiger partial charge is 0.480 e. The Balaban J connectivity index is 1.45. The molecule has 1 aliphatic carbocycles. The number of nitrogens with one attached hydrogen (secondary N) is 2. The first-order valence-electron chi connectivity index (χ1n) is 10.8. The van der Waals surface area contributed by atoms with Crippen LogP contribution in [0.15, 0.2) is 66.7 Å². The van der Waals surface area contributed by atoms with Crippen LogP contribution in [0.2, 0.25) is 0 Å². The number of aliphatic hydroxyl groups excluding tert-OH is 1. The standard InChI is InChI=1S/C26H24N2O6/c1-15-16(24(30)27-23(13-29)25(31)32)11-6-12-22(15)28-26(33)34-14-21-19-9-4-2-7-17(19)18-8-3-5-10-20(18)21/h2-12,21,23,29H,13-14H2,1H3,(H,27,30)(H,28,33)(H,31,32)/t23-/m0/s1. The van der Waals surface area contributed by atoms with Gasteiger partial charge in [0, 0.05) is 17.2 Å². The molecule has 0 aliphatic heterocycles. The highest BCUT2D eigenvalue weighted by Gasteiger charge is 2.29. The van der Waals surface area contributed by atoms with E-state index in [9.17, 15) is 14.4 Å². The van der Waals surface area contributed by atoms with Crippen LogP contribution in [0.5, 0.6) is 0 Å². The molecule has 4 N–H and O–H groups in total. The first-order chi connectivity index (χ1) is 16.4. The molecule has 0 saturated heterocycles. The molecule has 8 nitrogen and oxygen atoms in total. The second-order valence-electron chi connectivity index (χ2n) is 7.98. The Morgan fingerprint density at radius 2 is 1.56 bits per heavy atom. The molecule has 3 aromatic carbocycles. The number of amides is 2. The molecule has 0 saturated carbocycles. The molecule has 8 heteroatoms. The van der Waals surface area contributed by atoms with Crippen molar-refractivity contribution in [3.8, 4) is 11.1 Å². The number of aliphatic carboxylic acids is 1. The van der Waals surface area contributed by atoms with Crippen LogP contribution in [-0.2, 0) is 9.53 Å². The maximum atomic E-state index is 12.6. The van der Waals surface area contributed by atoms with E-state index < -0.39 is 30.6 Å². The maximum absolute atomic E-state index is 12.6. The highest BCUT2D eigenvalue weighted by molar-refractivity contribution is 6.00. The van der Waals surface area contributed by atoms with Crippen molar-refractivity contribution in [3.05, 3.63) is 89.0 Å². The molecule has 0 bridgehead atoms. The summed E-state index contributed by atoms with van der Waals surface area (Å²) >= 11 is 0. The minimum Gasteiger partial charge on any atom is -0.480 e. The molecule has 0 unspecified atom stereocenters. The summed E-state index contributed by atoms with van der Waals surface area (Å²) in [6.07, 6.45) is -0.665. The van der Waals surface area contributed by atoms with Gasteiger partial charge in [0.15, 0.2) is 6.04 Å². The monoisotopic (exact) mass is 460 g/mol. The molecule has 1 atom stereocenters. The average molecular weight is 460 g/mol. The number of carboxylic acids is 1. The molecule has 3 aromatic rings. The first-order valence-corrected chi connectivity index (χ1v) is 10.8. The quantitative estimate of drug-likeness (QED) is 0.428. The third kappa shape index (κ3) is 4.49. The number of carbonyl (C=O) groups is 3. The van der Waals surface area contributed by atoms with Crippen molar-refractivity contribution < 1.29 is 29.3 Å². The van der Waals surface area contributed by atoms with Crippen LogP contribution in [0.1, 0.15) is 33.0 Å². The van der Waals surface area contributed by atoms with Crippen molar-refractivity contribution in [2.75, 3.05) is 18.5 Å². The fraction of sp³-hybridized carbons (Fsp3) is 0.192. The zero-order valence-electron chi connectivity index (χ0n) is 18.4. The van der Waals surface area contributed by atoms with Gasteiger partial charge in [-0.05, 0) is 46.9 Å². The Morgan fingerprint density at radius 1 is 0.941 bits per heavy atom. The summed E-state index contributed by atoms with van der Waals surface area (Å²) in [4.78, 5) is 36.2. The van der Waals surface area contributed by atoms with Gasteiger partial charge in [-0.15, -0.1) is 0 Å². The topological polar surface area (TPSA) is 125 Å². The van der Waals surface area contributed by atoms with Crippen LogP contribution in [-0.4, -0.2) is 47.4 Å². The number of hydrogen-bond acceptors (Lipinski definition) is 5. The van der Waals surface area contributed by atoms with Gasteiger partial charge in [-0.25, -0.2) is 9.59 Å². The molecule has 34 heavy (non-hydrogen) atoms. The van der Waals surface area contributed by atoms with E-state index in [0.29, 0.717) is 11.3 Å². The number of fused-ring (bicyclic) bond motifs is 3. The van der Waals surface area contributed by atoms with Crippen LogP contribution >= 0.6 is 0 Å². The van der Waals surface area contributed by atoms with Crippen molar-refractivity contribution in [1.29, 1.82) is 0 Å². The Bertz CT molecular complexity index is 1210. The molecule has 0 aromatic heterocycles. The number of carboxylic acid groups (broad SMARTS) is 1. The fourth-order valence-corrected chi connectivity index (χ4v) is 4.18. The summed E-state index contributed by atoms with van der Waals surface area (Å²) in [5, 5.41) is 23.1. The van der Waals surface area contributed by atoms with Gasteiger partial charge in [-0.1, -0.05) is 54.6 Å². The summed E-state index contributed by atoms with van der Waals surface area (Å²) in [6.45, 7) is 1.04. The van der Waals surface area contributed by atoms with E-state index in [0.717, 1.165) is 22.3 Å². The van der Waals surface area contributed by atoms with Crippen LogP contribution in [0.4, 0.5) is 10.5 Å². The molecule has 0 spiro atoms. The lowest BCUT2D eigenvalue weighted by atomic mass is 9.98. The zero-order valence-corrected chi connectivity index (χ0v) is 18.4. The van der Waals surface area contributed by atoms with E-state index in [1.54, 1.807) is 19.1 Å². The van der Waals surface area contributed by atoms with Gasteiger partial charge in [0.25, 0.3) is 5.91 Å². The SMILES string of the molecule is Cc1c(NC(=O)OCC2c3ccccc3-c3ccccc32)cccc1C(=O)N[C@@H](CO)C(=O)O. The second kappa shape index (κ2) is 9.76. The number of anilines is 1. The normalized spacial score (nSPS) is 12.9. The fourth-order valence-electron chi connectivity index (χ4n) is 4.18. The minimum absolute atomic E-state index is 0.0807. The summed E-state index contributed by atoms with van der Waals surface area (Å²) in [5.74, 6) is -2.10. The van der Waals surface area contributed by atoms with Gasteiger partial charge in [-0.2, -0.15) is 0 Å². The summed E-state index contributed by atoms with van der Waals surface area (Å²) in [7, 11) is 0. The molecule has 2 amide bonds. The minimum atomic E-state index is -1.43. The van der Waals surface area contributed by atoms with Crippen LogP contribution in [0.25, 0.3) is 11.1 Å². The van der Waals surface area contributed by atoms with Crippen LogP contribution in [0, 0.1) is 6.92 Å². The van der Waals surface area contributed by atoms with Gasteiger partial charge >= 0.3 is 12.1 Å². The summed E-state index contributed by atoms with van der Waals surface area (Å²) < 4.78 is 5.55. The first kappa shape index (κ1) is 23.0. The van der Waals surface area contributed by atoms with Gasteiger partial charge in [0.1, 0.15) is 6.61 Å². The smallest absolute Gasteiger partial charge is 0.411 e. The number of ether oxygens (including phenoxy) is 1. The Morgan fingerprint density at radius 3 is 2.15 bits per heavy atom. The van der Waals surface area contributed by atoms with Crippen molar-refractivity contribution in [2.24, 2.45) is 0 Å². The van der Waals surface area contributed by atoms with E-state index >= 15 is 0 Å². The lowest BCUT2D eigenvalue weighted by Gasteiger charge is -2.17. The maximum Gasteiger partial charge on any atom is 0.411 e. The van der Waals surface area contributed by atoms with Crippen LogP contribution < -0.4 is 10.6 Å². The summed E-state index contributed by atoms with van der Waals surface area (Å²) in [5.41, 5.74) is 5.44. The van der Waals surface area contributed by atoms with Crippen molar-refractivity contribution in [2.45, 2.75) is 18.9 Å². The van der Waals surface area contributed by atoms with Crippen molar-refractivity contribution >= 4 is 23.7 Å². The molecular formula is C26H24N2O6. The summed E-state index contributed by atoms with van der Waals surface area (Å²) in [6, 6.07) is 19.3. The highest BCUT2D eigenvalue weighted by Crippen LogP contribution is 2.44. The average Bonchev–Trinajstić information content (AvgIpc) is 3.16. The third-order valence-electron chi connectivity index (χ3n) is 5.94. The molecule has 1 aliphatic rings. The highest BCUT2D eigenvalue weighted by atomic mass is 16.5. The van der Waals surface area contributed by atoms with Gasteiger partial charge < -0.3 is 20.3 Å². The molecule has 0 radical (unpaired) electrons. The van der Waals surface area contributed by atoms with E-state index in [-0.39, 0.29) is 18.1 Å². The number of hydrogen-bond donors (Lipinski definition) is 4. The third-order valence-corrected chi connectivity index (χ3v) is 5.94.